The normalized spacial score (nSPS) is 15.9. The second-order valence-corrected chi connectivity index (χ2v) is 8.58. The van der Waals surface area contributed by atoms with E-state index in [0.717, 1.165) is 16.5 Å². The number of nitrogens with zero attached hydrogens (tertiary/aromatic N) is 1. The average Bonchev–Trinajstić information content (AvgIpc) is 3.07. The lowest BCUT2D eigenvalue weighted by atomic mass is 10.00. The molecule has 1 aromatic heterocycles. The molecule has 0 unspecified atom stereocenters. The van der Waals surface area contributed by atoms with Crippen molar-refractivity contribution in [1.82, 2.24) is 9.29 Å². The van der Waals surface area contributed by atoms with Crippen LogP contribution in [0, 0.1) is 18.6 Å². The van der Waals surface area contributed by atoms with E-state index in [2.05, 4.69) is 4.98 Å². The minimum absolute atomic E-state index is 0.0980. The molecular formula is C20H18F2N2O2S. The first kappa shape index (κ1) is 17.9. The first-order valence-corrected chi connectivity index (χ1v) is 10.0. The van der Waals surface area contributed by atoms with Gasteiger partial charge in [-0.25, -0.2) is 17.2 Å². The molecule has 140 valence electrons. The van der Waals surface area contributed by atoms with Crippen LogP contribution in [0.2, 0.25) is 0 Å². The Labute approximate surface area is 156 Å². The van der Waals surface area contributed by atoms with Gasteiger partial charge in [-0.15, -0.1) is 0 Å². The summed E-state index contributed by atoms with van der Waals surface area (Å²) in [6.07, 6.45) is 4.25. The third-order valence-electron chi connectivity index (χ3n) is 4.93. The SMILES string of the molecule is Cc1cc(S(=O)(=O)N2CC=C(c3c[nH]c4cc(F)ccc34)CC2)ccc1F. The zero-order valence-corrected chi connectivity index (χ0v) is 15.5. The van der Waals surface area contributed by atoms with Crippen molar-refractivity contribution in [2.45, 2.75) is 18.2 Å². The largest absolute Gasteiger partial charge is 0.360 e. The molecule has 1 aliphatic heterocycles. The number of halogens is 2. The Bertz CT molecular complexity index is 1170. The van der Waals surface area contributed by atoms with Crippen LogP contribution < -0.4 is 0 Å². The smallest absolute Gasteiger partial charge is 0.243 e. The Morgan fingerprint density at radius 1 is 1.11 bits per heavy atom. The fourth-order valence-corrected chi connectivity index (χ4v) is 4.87. The fraction of sp³-hybridized carbons (Fsp3) is 0.200. The molecule has 0 fully saturated rings. The van der Waals surface area contributed by atoms with Crippen LogP contribution in [0.5, 0.6) is 0 Å². The highest BCUT2D eigenvalue weighted by molar-refractivity contribution is 7.89. The Morgan fingerprint density at radius 2 is 1.93 bits per heavy atom. The van der Waals surface area contributed by atoms with E-state index in [1.54, 1.807) is 13.0 Å². The molecule has 1 N–H and O–H groups in total. The average molecular weight is 388 g/mol. The maximum absolute atomic E-state index is 13.4. The summed E-state index contributed by atoms with van der Waals surface area (Å²) in [5, 5.41) is 0.910. The summed E-state index contributed by atoms with van der Waals surface area (Å²) < 4.78 is 53.8. The van der Waals surface area contributed by atoms with Crippen LogP contribution in [0.15, 0.2) is 53.6 Å². The van der Waals surface area contributed by atoms with Gasteiger partial charge in [0.2, 0.25) is 10.0 Å². The van der Waals surface area contributed by atoms with Crippen LogP contribution >= 0.6 is 0 Å². The van der Waals surface area contributed by atoms with Gasteiger partial charge in [-0.3, -0.25) is 0 Å². The summed E-state index contributed by atoms with van der Waals surface area (Å²) in [5.41, 5.74) is 2.99. The maximum atomic E-state index is 13.4. The van der Waals surface area contributed by atoms with Gasteiger partial charge in [0, 0.05) is 35.8 Å². The fourth-order valence-electron chi connectivity index (χ4n) is 3.40. The van der Waals surface area contributed by atoms with E-state index in [1.165, 1.54) is 34.6 Å². The van der Waals surface area contributed by atoms with E-state index in [1.807, 2.05) is 12.3 Å². The highest BCUT2D eigenvalue weighted by atomic mass is 32.2. The first-order chi connectivity index (χ1) is 12.9. The van der Waals surface area contributed by atoms with Crippen molar-refractivity contribution in [2.24, 2.45) is 0 Å². The molecule has 0 radical (unpaired) electrons. The van der Waals surface area contributed by atoms with Crippen LogP contribution in [-0.2, 0) is 10.0 Å². The molecule has 2 aromatic carbocycles. The summed E-state index contributed by atoms with van der Waals surface area (Å²) in [6, 6.07) is 8.41. The number of hydrogen-bond acceptors (Lipinski definition) is 2. The highest BCUT2D eigenvalue weighted by Crippen LogP contribution is 2.31. The number of benzene rings is 2. The molecule has 0 atom stereocenters. The predicted molar refractivity (Wildman–Crippen MR) is 101 cm³/mol. The van der Waals surface area contributed by atoms with Crippen molar-refractivity contribution < 1.29 is 17.2 Å². The molecule has 7 heteroatoms. The molecule has 0 saturated heterocycles. The zero-order valence-electron chi connectivity index (χ0n) is 14.7. The third kappa shape index (κ3) is 3.17. The number of aromatic nitrogens is 1. The number of H-pyrrole nitrogens is 1. The van der Waals surface area contributed by atoms with Gasteiger partial charge in [-0.05, 0) is 60.9 Å². The van der Waals surface area contributed by atoms with Crippen LogP contribution in [0.4, 0.5) is 8.78 Å². The standard InChI is InChI=1S/C20H18F2N2O2S/c1-13-10-16(3-5-19(13)22)27(25,26)24-8-6-14(7-9-24)18-12-23-20-11-15(21)2-4-17(18)20/h2-6,10-12,23H,7-9H2,1H3. The highest BCUT2D eigenvalue weighted by Gasteiger charge is 2.27. The van der Waals surface area contributed by atoms with Crippen molar-refractivity contribution in [3.05, 3.63) is 71.4 Å². The second-order valence-electron chi connectivity index (χ2n) is 6.65. The minimum Gasteiger partial charge on any atom is -0.360 e. The number of sulfonamides is 1. The van der Waals surface area contributed by atoms with Gasteiger partial charge in [0.1, 0.15) is 11.6 Å². The lowest BCUT2D eigenvalue weighted by Gasteiger charge is -2.26. The molecular weight excluding hydrogens is 370 g/mol. The molecule has 0 bridgehead atoms. The molecule has 3 aromatic rings. The number of fused-ring (bicyclic) bond motifs is 1. The van der Waals surface area contributed by atoms with Crippen molar-refractivity contribution in [1.29, 1.82) is 0 Å². The summed E-state index contributed by atoms with van der Waals surface area (Å²) in [6.45, 7) is 2.11. The lowest BCUT2D eigenvalue weighted by molar-refractivity contribution is 0.441. The van der Waals surface area contributed by atoms with E-state index in [0.29, 0.717) is 24.0 Å². The second kappa shape index (κ2) is 6.58. The van der Waals surface area contributed by atoms with Gasteiger partial charge in [-0.1, -0.05) is 6.08 Å². The Kier molecular flexibility index (Phi) is 4.36. The molecule has 4 rings (SSSR count). The molecule has 4 nitrogen and oxygen atoms in total. The molecule has 1 aliphatic rings. The van der Waals surface area contributed by atoms with Gasteiger partial charge in [-0.2, -0.15) is 4.31 Å². The minimum atomic E-state index is -3.68. The molecule has 27 heavy (non-hydrogen) atoms. The van der Waals surface area contributed by atoms with Crippen LogP contribution in [0.1, 0.15) is 17.5 Å². The van der Waals surface area contributed by atoms with E-state index in [4.69, 9.17) is 0 Å². The van der Waals surface area contributed by atoms with Crippen molar-refractivity contribution in [2.75, 3.05) is 13.1 Å². The number of aromatic amines is 1. The van der Waals surface area contributed by atoms with Crippen LogP contribution in [0.3, 0.4) is 0 Å². The topological polar surface area (TPSA) is 53.2 Å². The summed E-state index contributed by atoms with van der Waals surface area (Å²) >= 11 is 0. The number of aryl methyl sites for hydroxylation is 1. The maximum Gasteiger partial charge on any atom is 0.243 e. The van der Waals surface area contributed by atoms with Crippen molar-refractivity contribution >= 4 is 26.5 Å². The summed E-state index contributed by atoms with van der Waals surface area (Å²) in [7, 11) is -3.68. The van der Waals surface area contributed by atoms with E-state index in [9.17, 15) is 17.2 Å². The van der Waals surface area contributed by atoms with Crippen LogP contribution in [-0.4, -0.2) is 30.8 Å². The Balaban J connectivity index is 1.61. The number of nitrogens with one attached hydrogen (secondary N) is 1. The van der Waals surface area contributed by atoms with Crippen molar-refractivity contribution in [3.8, 4) is 0 Å². The first-order valence-electron chi connectivity index (χ1n) is 8.58. The molecule has 0 spiro atoms. The van der Waals surface area contributed by atoms with E-state index < -0.39 is 15.8 Å². The molecule has 0 aliphatic carbocycles. The van der Waals surface area contributed by atoms with Gasteiger partial charge >= 0.3 is 0 Å². The van der Waals surface area contributed by atoms with Gasteiger partial charge < -0.3 is 4.98 Å². The van der Waals surface area contributed by atoms with Crippen LogP contribution in [0.25, 0.3) is 16.5 Å². The predicted octanol–water partition coefficient (Wildman–Crippen LogP) is 4.23. The number of rotatable bonds is 3. The Morgan fingerprint density at radius 3 is 2.63 bits per heavy atom. The molecule has 0 amide bonds. The van der Waals surface area contributed by atoms with Gasteiger partial charge in [0.15, 0.2) is 0 Å². The third-order valence-corrected chi connectivity index (χ3v) is 6.79. The van der Waals surface area contributed by atoms with E-state index in [-0.39, 0.29) is 17.3 Å². The zero-order chi connectivity index (χ0) is 19.2. The van der Waals surface area contributed by atoms with E-state index >= 15 is 0 Å². The quantitative estimate of drug-likeness (QED) is 0.730. The van der Waals surface area contributed by atoms with Gasteiger partial charge in [0.05, 0.1) is 4.90 Å². The molecule has 0 saturated carbocycles. The van der Waals surface area contributed by atoms with Gasteiger partial charge in [0.25, 0.3) is 0 Å². The van der Waals surface area contributed by atoms with Crippen molar-refractivity contribution in [3.63, 3.8) is 0 Å². The monoisotopic (exact) mass is 388 g/mol. The summed E-state index contributed by atoms with van der Waals surface area (Å²) in [4.78, 5) is 3.15. The lowest BCUT2D eigenvalue weighted by Crippen LogP contribution is -2.34. The summed E-state index contributed by atoms with van der Waals surface area (Å²) in [5.74, 6) is -0.731. The molecule has 2 heterocycles. The Hall–Kier alpha value is -2.51. The number of hydrogen-bond donors (Lipinski definition) is 1.